The summed E-state index contributed by atoms with van der Waals surface area (Å²) in [5.74, 6) is -0.520. The van der Waals surface area contributed by atoms with Crippen molar-refractivity contribution < 1.29 is 27.9 Å². The molecule has 0 aromatic heterocycles. The van der Waals surface area contributed by atoms with Gasteiger partial charge in [-0.05, 0) is 12.3 Å². The minimum atomic E-state index is -4.69. The summed E-state index contributed by atoms with van der Waals surface area (Å²) < 4.78 is 38.5. The van der Waals surface area contributed by atoms with Gasteiger partial charge in [-0.2, -0.15) is 13.2 Å². The highest BCUT2D eigenvalue weighted by Crippen LogP contribution is 2.38. The molecule has 2 aliphatic rings. The van der Waals surface area contributed by atoms with E-state index in [0.29, 0.717) is 19.4 Å². The van der Waals surface area contributed by atoms with Crippen LogP contribution >= 0.6 is 0 Å². The number of carbonyl (C=O) groups excluding carboxylic acids is 2. The smallest absolute Gasteiger partial charge is 0.380 e. The fraction of sp³-hybridized carbons (Fsp3) is 0.867. The van der Waals surface area contributed by atoms with Crippen LogP contribution in [-0.2, 0) is 9.59 Å². The van der Waals surface area contributed by atoms with Gasteiger partial charge in [-0.1, -0.05) is 13.8 Å². The highest BCUT2D eigenvalue weighted by atomic mass is 19.4. The highest BCUT2D eigenvalue weighted by Gasteiger charge is 2.55. The van der Waals surface area contributed by atoms with Gasteiger partial charge >= 0.3 is 6.18 Å². The van der Waals surface area contributed by atoms with E-state index in [1.54, 1.807) is 0 Å². The number of hydrogen-bond acceptors (Lipinski definition) is 3. The van der Waals surface area contributed by atoms with Gasteiger partial charge in [-0.25, -0.2) is 0 Å². The second-order valence-electron chi connectivity index (χ2n) is 6.73. The second kappa shape index (κ2) is 6.30. The van der Waals surface area contributed by atoms with E-state index in [1.807, 2.05) is 13.8 Å². The molecule has 1 N–H and O–H groups in total. The summed E-state index contributed by atoms with van der Waals surface area (Å²) in [4.78, 5) is 27.5. The summed E-state index contributed by atoms with van der Waals surface area (Å²) in [6.45, 7) is 3.85. The Bertz CT molecular complexity index is 471. The Balaban J connectivity index is 2.07. The van der Waals surface area contributed by atoms with Crippen molar-refractivity contribution in [3.05, 3.63) is 0 Å². The first-order chi connectivity index (χ1) is 10.6. The van der Waals surface area contributed by atoms with Crippen molar-refractivity contribution in [3.8, 4) is 0 Å². The van der Waals surface area contributed by atoms with E-state index in [9.17, 15) is 27.9 Å². The highest BCUT2D eigenvalue weighted by molar-refractivity contribution is 5.89. The maximum absolute atomic E-state index is 12.8. The molecule has 2 rings (SSSR count). The zero-order valence-corrected chi connectivity index (χ0v) is 13.4. The molecular weight excluding hydrogens is 313 g/mol. The lowest BCUT2D eigenvalue weighted by Gasteiger charge is -2.41. The molecule has 0 aromatic carbocycles. The molecule has 132 valence electrons. The molecule has 2 aliphatic heterocycles. The first-order valence-electron chi connectivity index (χ1n) is 7.94. The Hall–Kier alpha value is -1.31. The number of carbonyl (C=O) groups is 2. The number of amides is 2. The van der Waals surface area contributed by atoms with Gasteiger partial charge < -0.3 is 14.9 Å². The third kappa shape index (κ3) is 3.46. The monoisotopic (exact) mass is 336 g/mol. The summed E-state index contributed by atoms with van der Waals surface area (Å²) in [6, 6.07) is -0.637. The predicted octanol–water partition coefficient (Wildman–Crippen LogP) is 1.55. The van der Waals surface area contributed by atoms with E-state index >= 15 is 0 Å². The molecule has 23 heavy (non-hydrogen) atoms. The van der Waals surface area contributed by atoms with Crippen LogP contribution in [0.2, 0.25) is 0 Å². The van der Waals surface area contributed by atoms with Crippen LogP contribution in [0.3, 0.4) is 0 Å². The number of rotatable bonds is 3. The molecule has 1 atom stereocenters. The number of nitrogens with zero attached hydrogens (tertiary/aromatic N) is 2. The van der Waals surface area contributed by atoms with Crippen molar-refractivity contribution in [1.82, 2.24) is 9.80 Å². The van der Waals surface area contributed by atoms with Crippen molar-refractivity contribution in [2.24, 2.45) is 5.92 Å². The fourth-order valence-corrected chi connectivity index (χ4v) is 3.31. The average Bonchev–Trinajstić information content (AvgIpc) is 2.84. The van der Waals surface area contributed by atoms with Crippen LogP contribution in [0.5, 0.6) is 0 Å². The van der Waals surface area contributed by atoms with Gasteiger partial charge in [0, 0.05) is 38.9 Å². The molecule has 2 amide bonds. The molecule has 0 spiro atoms. The maximum atomic E-state index is 12.8. The van der Waals surface area contributed by atoms with Crippen molar-refractivity contribution in [1.29, 1.82) is 0 Å². The summed E-state index contributed by atoms with van der Waals surface area (Å²) in [5.41, 5.74) is -2.72. The van der Waals surface area contributed by atoms with Crippen molar-refractivity contribution >= 4 is 11.8 Å². The molecule has 0 saturated carbocycles. The van der Waals surface area contributed by atoms with E-state index in [4.69, 9.17) is 0 Å². The van der Waals surface area contributed by atoms with Crippen LogP contribution in [0.1, 0.15) is 39.5 Å². The van der Waals surface area contributed by atoms with Crippen LogP contribution in [0.4, 0.5) is 13.2 Å². The summed E-state index contributed by atoms with van der Waals surface area (Å²) in [6.07, 6.45) is -4.64. The Kier molecular flexibility index (Phi) is 4.94. The maximum Gasteiger partial charge on any atom is 0.417 e. The summed E-state index contributed by atoms with van der Waals surface area (Å²) in [7, 11) is 0. The normalized spacial score (nSPS) is 23.5. The second-order valence-corrected chi connectivity index (χ2v) is 6.73. The van der Waals surface area contributed by atoms with Gasteiger partial charge in [0.15, 0.2) is 5.60 Å². The van der Waals surface area contributed by atoms with Crippen LogP contribution in [0.15, 0.2) is 0 Å². The number of halogens is 3. The molecule has 0 bridgehead atoms. The number of alkyl halides is 3. The van der Waals surface area contributed by atoms with Gasteiger partial charge in [0.1, 0.15) is 6.04 Å². The Morgan fingerprint density at radius 3 is 2.17 bits per heavy atom. The van der Waals surface area contributed by atoms with Gasteiger partial charge in [0.05, 0.1) is 0 Å². The lowest BCUT2D eigenvalue weighted by molar-refractivity contribution is -0.272. The van der Waals surface area contributed by atoms with E-state index in [2.05, 4.69) is 0 Å². The minimum Gasteiger partial charge on any atom is -0.380 e. The summed E-state index contributed by atoms with van der Waals surface area (Å²) in [5, 5.41) is 9.68. The molecule has 5 nitrogen and oxygen atoms in total. The lowest BCUT2D eigenvalue weighted by Crippen LogP contribution is -2.58. The number of likely N-dealkylation sites (tertiary alicyclic amines) is 2. The first-order valence-corrected chi connectivity index (χ1v) is 7.94. The van der Waals surface area contributed by atoms with Crippen molar-refractivity contribution in [2.45, 2.75) is 57.3 Å². The molecule has 0 radical (unpaired) electrons. The molecule has 2 fully saturated rings. The van der Waals surface area contributed by atoms with Gasteiger partial charge in [-0.3, -0.25) is 9.59 Å². The van der Waals surface area contributed by atoms with Crippen LogP contribution in [0.25, 0.3) is 0 Å². The van der Waals surface area contributed by atoms with Crippen LogP contribution in [-0.4, -0.2) is 64.2 Å². The lowest BCUT2D eigenvalue weighted by atomic mass is 9.90. The zero-order valence-electron chi connectivity index (χ0n) is 13.4. The third-order valence-corrected chi connectivity index (χ3v) is 4.76. The molecule has 0 aromatic rings. The quantitative estimate of drug-likeness (QED) is 0.851. The Morgan fingerprint density at radius 2 is 1.78 bits per heavy atom. The van der Waals surface area contributed by atoms with Crippen LogP contribution < -0.4 is 0 Å². The average molecular weight is 336 g/mol. The van der Waals surface area contributed by atoms with E-state index in [0.717, 1.165) is 0 Å². The first kappa shape index (κ1) is 18.0. The third-order valence-electron chi connectivity index (χ3n) is 4.76. The van der Waals surface area contributed by atoms with Crippen LogP contribution in [0, 0.1) is 5.92 Å². The zero-order chi connectivity index (χ0) is 17.4. The summed E-state index contributed by atoms with van der Waals surface area (Å²) >= 11 is 0. The number of piperidine rings is 1. The molecule has 1 unspecified atom stereocenters. The standard InChI is InChI=1S/C15H23F3N2O3/c1-10(2)12(20-7-3-4-11(20)21)13(22)19-8-5-14(23,6-9-19)15(16,17)18/h10,12,23H,3-9H2,1-2H3. The Morgan fingerprint density at radius 1 is 1.22 bits per heavy atom. The van der Waals surface area contributed by atoms with E-state index in [-0.39, 0.29) is 30.8 Å². The molecule has 0 aliphatic carbocycles. The van der Waals surface area contributed by atoms with Crippen molar-refractivity contribution in [3.63, 3.8) is 0 Å². The van der Waals surface area contributed by atoms with E-state index in [1.165, 1.54) is 9.80 Å². The molecule has 2 heterocycles. The van der Waals surface area contributed by atoms with Gasteiger partial charge in [0.25, 0.3) is 0 Å². The SMILES string of the molecule is CC(C)C(C(=O)N1CCC(O)(C(F)(F)F)CC1)N1CCCC1=O. The number of hydrogen-bond donors (Lipinski definition) is 1. The van der Waals surface area contributed by atoms with E-state index < -0.39 is 30.7 Å². The topological polar surface area (TPSA) is 60.9 Å². The number of aliphatic hydroxyl groups is 1. The largest absolute Gasteiger partial charge is 0.417 e. The molecule has 8 heteroatoms. The van der Waals surface area contributed by atoms with Crippen molar-refractivity contribution in [2.75, 3.05) is 19.6 Å². The fourth-order valence-electron chi connectivity index (χ4n) is 3.31. The Labute approximate surface area is 133 Å². The molecule has 2 saturated heterocycles. The van der Waals surface area contributed by atoms with Gasteiger partial charge in [0.2, 0.25) is 11.8 Å². The van der Waals surface area contributed by atoms with Gasteiger partial charge in [-0.15, -0.1) is 0 Å². The molecular formula is C15H23F3N2O3. The predicted molar refractivity (Wildman–Crippen MR) is 76.4 cm³/mol. The minimum absolute atomic E-state index is 0.0825.